The second-order valence-electron chi connectivity index (χ2n) is 5.06. The molecule has 3 aromatic rings. The molecule has 0 amide bonds. The van der Waals surface area contributed by atoms with Crippen LogP contribution in [0.4, 0.5) is 0 Å². The van der Waals surface area contributed by atoms with Gasteiger partial charge in [-0.05, 0) is 35.9 Å². The minimum Gasteiger partial charge on any atom is -0.496 e. The molecule has 0 unspecified atom stereocenters. The molecule has 0 fully saturated rings. The quantitative estimate of drug-likeness (QED) is 0.742. The fraction of sp³-hybridized carbons (Fsp3) is 0.118. The summed E-state index contributed by atoms with van der Waals surface area (Å²) in [6.07, 6.45) is 0. The van der Waals surface area contributed by atoms with Gasteiger partial charge in [-0.25, -0.2) is 4.79 Å². The second-order valence-corrected chi connectivity index (χ2v) is 5.88. The third-order valence-corrected chi connectivity index (χ3v) is 4.41. The SMILES string of the molecule is COc1cccc2c1cc(C(=O)O)n2Cc1ccc(Cl)c(Cl)c1. The van der Waals surface area contributed by atoms with Gasteiger partial charge in [-0.2, -0.15) is 0 Å². The summed E-state index contributed by atoms with van der Waals surface area (Å²) >= 11 is 12.0. The van der Waals surface area contributed by atoms with Gasteiger partial charge in [0.05, 0.1) is 22.7 Å². The Morgan fingerprint density at radius 3 is 2.61 bits per heavy atom. The van der Waals surface area contributed by atoms with Gasteiger partial charge in [-0.3, -0.25) is 0 Å². The number of nitrogens with zero attached hydrogens (tertiary/aromatic N) is 1. The molecule has 0 aliphatic heterocycles. The molecular formula is C17H13Cl2NO3. The van der Waals surface area contributed by atoms with E-state index in [9.17, 15) is 9.90 Å². The number of fused-ring (bicyclic) bond motifs is 1. The maximum Gasteiger partial charge on any atom is 0.352 e. The van der Waals surface area contributed by atoms with E-state index in [0.29, 0.717) is 22.3 Å². The van der Waals surface area contributed by atoms with Crippen molar-refractivity contribution in [2.45, 2.75) is 6.54 Å². The molecule has 0 bridgehead atoms. The smallest absolute Gasteiger partial charge is 0.352 e. The highest BCUT2D eigenvalue weighted by molar-refractivity contribution is 6.42. The molecule has 0 spiro atoms. The summed E-state index contributed by atoms with van der Waals surface area (Å²) in [5.41, 5.74) is 1.84. The Morgan fingerprint density at radius 2 is 1.96 bits per heavy atom. The van der Waals surface area contributed by atoms with E-state index in [0.717, 1.165) is 16.5 Å². The number of benzene rings is 2. The van der Waals surface area contributed by atoms with Gasteiger partial charge in [-0.15, -0.1) is 0 Å². The Morgan fingerprint density at radius 1 is 1.17 bits per heavy atom. The number of rotatable bonds is 4. The fourth-order valence-corrected chi connectivity index (χ4v) is 2.92. The molecule has 1 N–H and O–H groups in total. The summed E-state index contributed by atoms with van der Waals surface area (Å²) in [4.78, 5) is 11.6. The highest BCUT2D eigenvalue weighted by Gasteiger charge is 2.17. The maximum atomic E-state index is 11.6. The van der Waals surface area contributed by atoms with Gasteiger partial charge >= 0.3 is 5.97 Å². The molecule has 3 rings (SSSR count). The fourth-order valence-electron chi connectivity index (χ4n) is 2.60. The number of ether oxygens (including phenoxy) is 1. The van der Waals surface area contributed by atoms with Crippen LogP contribution in [0.2, 0.25) is 10.0 Å². The minimum atomic E-state index is -0.997. The molecular weight excluding hydrogens is 337 g/mol. The molecule has 1 aromatic heterocycles. The maximum absolute atomic E-state index is 11.6. The zero-order valence-corrected chi connectivity index (χ0v) is 13.7. The highest BCUT2D eigenvalue weighted by atomic mass is 35.5. The average Bonchev–Trinajstić information content (AvgIpc) is 2.90. The van der Waals surface area contributed by atoms with Crippen LogP contribution < -0.4 is 4.74 Å². The third kappa shape index (κ3) is 2.87. The Hall–Kier alpha value is -2.17. The molecule has 0 aliphatic carbocycles. The van der Waals surface area contributed by atoms with Crippen molar-refractivity contribution >= 4 is 40.1 Å². The molecule has 1 heterocycles. The lowest BCUT2D eigenvalue weighted by atomic mass is 10.2. The number of carboxylic acids is 1. The van der Waals surface area contributed by atoms with Crippen molar-refractivity contribution in [2.75, 3.05) is 7.11 Å². The number of carbonyl (C=O) groups is 1. The minimum absolute atomic E-state index is 0.190. The first-order valence-electron chi connectivity index (χ1n) is 6.84. The van der Waals surface area contributed by atoms with Gasteiger partial charge in [0.15, 0.2) is 0 Å². The Balaban J connectivity index is 2.16. The second kappa shape index (κ2) is 6.14. The van der Waals surface area contributed by atoms with E-state index >= 15 is 0 Å². The van der Waals surface area contributed by atoms with E-state index in [2.05, 4.69) is 0 Å². The molecule has 4 nitrogen and oxygen atoms in total. The summed E-state index contributed by atoms with van der Waals surface area (Å²) in [6, 6.07) is 12.4. The predicted octanol–water partition coefficient (Wildman–Crippen LogP) is 4.70. The number of hydrogen-bond acceptors (Lipinski definition) is 2. The molecule has 118 valence electrons. The predicted molar refractivity (Wildman–Crippen MR) is 91.0 cm³/mol. The molecule has 0 atom stereocenters. The summed E-state index contributed by atoms with van der Waals surface area (Å²) in [5, 5.41) is 11.2. The zero-order chi connectivity index (χ0) is 16.6. The van der Waals surface area contributed by atoms with E-state index in [-0.39, 0.29) is 5.69 Å². The van der Waals surface area contributed by atoms with Crippen LogP contribution in [0.5, 0.6) is 5.75 Å². The van der Waals surface area contributed by atoms with Crippen LogP contribution in [0.1, 0.15) is 16.1 Å². The number of hydrogen-bond donors (Lipinski definition) is 1. The van der Waals surface area contributed by atoms with Crippen LogP contribution in [0.25, 0.3) is 10.9 Å². The number of aromatic carboxylic acids is 1. The summed E-state index contributed by atoms with van der Waals surface area (Å²) < 4.78 is 7.04. The van der Waals surface area contributed by atoms with Gasteiger partial charge in [0.2, 0.25) is 0 Å². The van der Waals surface area contributed by atoms with Crippen LogP contribution in [0.15, 0.2) is 42.5 Å². The third-order valence-electron chi connectivity index (χ3n) is 3.67. The van der Waals surface area contributed by atoms with Crippen molar-refractivity contribution in [3.05, 3.63) is 63.8 Å². The Kier molecular flexibility index (Phi) is 4.20. The normalized spacial score (nSPS) is 10.9. The molecule has 2 aromatic carbocycles. The van der Waals surface area contributed by atoms with Crippen LogP contribution >= 0.6 is 23.2 Å². The molecule has 0 saturated heterocycles. The van der Waals surface area contributed by atoms with Gasteiger partial charge in [0, 0.05) is 11.9 Å². The first-order valence-corrected chi connectivity index (χ1v) is 7.60. The molecule has 0 aliphatic rings. The molecule has 0 saturated carbocycles. The lowest BCUT2D eigenvalue weighted by molar-refractivity contribution is 0.0686. The number of aromatic nitrogens is 1. The van der Waals surface area contributed by atoms with Crippen LogP contribution in [-0.2, 0) is 6.54 Å². The topological polar surface area (TPSA) is 51.5 Å². The van der Waals surface area contributed by atoms with E-state index in [4.69, 9.17) is 27.9 Å². The number of carboxylic acid groups (broad SMARTS) is 1. The zero-order valence-electron chi connectivity index (χ0n) is 12.2. The van der Waals surface area contributed by atoms with Crippen LogP contribution in [-0.4, -0.2) is 22.8 Å². The van der Waals surface area contributed by atoms with Gasteiger partial charge in [0.1, 0.15) is 11.4 Å². The lowest BCUT2D eigenvalue weighted by Crippen LogP contribution is -2.09. The molecule has 23 heavy (non-hydrogen) atoms. The van der Waals surface area contributed by atoms with Crippen molar-refractivity contribution < 1.29 is 14.6 Å². The van der Waals surface area contributed by atoms with Crippen molar-refractivity contribution in [3.63, 3.8) is 0 Å². The first-order chi connectivity index (χ1) is 11.0. The van der Waals surface area contributed by atoms with Crippen molar-refractivity contribution in [3.8, 4) is 5.75 Å². The standard InChI is InChI=1S/C17H13Cl2NO3/c1-23-16-4-2-3-14-11(16)8-15(17(21)22)20(14)9-10-5-6-12(18)13(19)7-10/h2-8H,9H2,1H3,(H,21,22). The van der Waals surface area contributed by atoms with Gasteiger partial charge in [0.25, 0.3) is 0 Å². The molecule has 0 radical (unpaired) electrons. The monoisotopic (exact) mass is 349 g/mol. The average molecular weight is 350 g/mol. The summed E-state index contributed by atoms with van der Waals surface area (Å²) in [5.74, 6) is -0.360. The van der Waals surface area contributed by atoms with Gasteiger partial charge in [-0.1, -0.05) is 35.3 Å². The Bertz CT molecular complexity index is 902. The van der Waals surface area contributed by atoms with Crippen molar-refractivity contribution in [1.82, 2.24) is 4.57 Å². The van der Waals surface area contributed by atoms with E-state index in [1.54, 1.807) is 35.9 Å². The first kappa shape index (κ1) is 15.7. The van der Waals surface area contributed by atoms with Gasteiger partial charge < -0.3 is 14.4 Å². The van der Waals surface area contributed by atoms with Crippen LogP contribution in [0.3, 0.4) is 0 Å². The Labute approximate surface area is 142 Å². The number of methoxy groups -OCH3 is 1. The van der Waals surface area contributed by atoms with Crippen LogP contribution in [0, 0.1) is 0 Å². The largest absolute Gasteiger partial charge is 0.496 e. The van der Waals surface area contributed by atoms with E-state index in [1.165, 1.54) is 0 Å². The highest BCUT2D eigenvalue weighted by Crippen LogP contribution is 2.30. The molecule has 6 heteroatoms. The van der Waals surface area contributed by atoms with E-state index in [1.807, 2.05) is 18.2 Å². The van der Waals surface area contributed by atoms with Crippen molar-refractivity contribution in [1.29, 1.82) is 0 Å². The summed E-state index contributed by atoms with van der Waals surface area (Å²) in [6.45, 7) is 0.370. The number of halogens is 2. The van der Waals surface area contributed by atoms with Crippen molar-refractivity contribution in [2.24, 2.45) is 0 Å². The van der Waals surface area contributed by atoms with E-state index < -0.39 is 5.97 Å². The lowest BCUT2D eigenvalue weighted by Gasteiger charge is -2.10. The summed E-state index contributed by atoms with van der Waals surface area (Å²) in [7, 11) is 1.56.